The standard InChI is InChI=1S/C17H24Cl2N2O3S/c1-13-4-5-15(12-16(13)19)21(9-3-8-18)17(22)14-6-10-20(11-7-14)25(2,23)24/h4-5,12,14H,3,6-11H2,1-2H3. The molecule has 5 nitrogen and oxygen atoms in total. The second-order valence-corrected chi connectivity index (χ2v) is 9.17. The van der Waals surface area contributed by atoms with Crippen molar-refractivity contribution in [2.24, 2.45) is 5.92 Å². The van der Waals surface area contributed by atoms with Crippen LogP contribution in [0.25, 0.3) is 0 Å². The van der Waals surface area contributed by atoms with Crippen LogP contribution in [0.2, 0.25) is 5.02 Å². The van der Waals surface area contributed by atoms with E-state index in [0.717, 1.165) is 11.3 Å². The molecule has 1 saturated heterocycles. The third kappa shape index (κ3) is 5.33. The number of anilines is 1. The number of hydrogen-bond donors (Lipinski definition) is 0. The summed E-state index contributed by atoms with van der Waals surface area (Å²) in [7, 11) is -3.20. The molecule has 1 fully saturated rings. The van der Waals surface area contributed by atoms with Crippen LogP contribution in [0, 0.1) is 12.8 Å². The number of rotatable bonds is 6. The van der Waals surface area contributed by atoms with Gasteiger partial charge in [0.2, 0.25) is 15.9 Å². The average molecular weight is 407 g/mol. The Morgan fingerprint density at radius 1 is 1.32 bits per heavy atom. The highest BCUT2D eigenvalue weighted by Gasteiger charge is 2.32. The van der Waals surface area contributed by atoms with E-state index in [1.165, 1.54) is 10.6 Å². The fourth-order valence-corrected chi connectivity index (χ4v) is 4.16. The molecule has 1 aromatic rings. The van der Waals surface area contributed by atoms with Crippen LogP contribution in [0.5, 0.6) is 0 Å². The minimum absolute atomic E-state index is 0.0122. The summed E-state index contributed by atoms with van der Waals surface area (Å²) in [5, 5.41) is 0.619. The quantitative estimate of drug-likeness (QED) is 0.680. The summed E-state index contributed by atoms with van der Waals surface area (Å²) >= 11 is 12.0. The van der Waals surface area contributed by atoms with Crippen molar-refractivity contribution in [2.75, 3.05) is 36.7 Å². The number of carbonyl (C=O) groups is 1. The molecule has 0 N–H and O–H groups in total. The van der Waals surface area contributed by atoms with Gasteiger partial charge in [0.05, 0.1) is 6.26 Å². The third-order valence-corrected chi connectivity index (χ3v) is 6.50. The normalized spacial score (nSPS) is 16.8. The fraction of sp³-hybridized carbons (Fsp3) is 0.588. The molecule has 0 bridgehead atoms. The SMILES string of the molecule is Cc1ccc(N(CCCCl)C(=O)C2CCN(S(C)(=O)=O)CC2)cc1Cl. The summed E-state index contributed by atoms with van der Waals surface area (Å²) in [5.41, 5.74) is 1.72. The molecule has 0 spiro atoms. The first-order chi connectivity index (χ1) is 11.7. The Morgan fingerprint density at radius 3 is 2.48 bits per heavy atom. The number of benzene rings is 1. The van der Waals surface area contributed by atoms with E-state index < -0.39 is 10.0 Å². The van der Waals surface area contributed by atoms with Gasteiger partial charge in [-0.25, -0.2) is 12.7 Å². The molecule has 0 aromatic heterocycles. The number of sulfonamides is 1. The molecule has 2 rings (SSSR count). The molecule has 25 heavy (non-hydrogen) atoms. The molecule has 1 heterocycles. The number of aryl methyl sites for hydroxylation is 1. The lowest BCUT2D eigenvalue weighted by atomic mass is 9.96. The summed E-state index contributed by atoms with van der Waals surface area (Å²) in [4.78, 5) is 14.8. The van der Waals surface area contributed by atoms with Crippen molar-refractivity contribution < 1.29 is 13.2 Å². The van der Waals surface area contributed by atoms with Gasteiger partial charge in [-0.2, -0.15) is 0 Å². The predicted octanol–water partition coefficient (Wildman–Crippen LogP) is 3.28. The van der Waals surface area contributed by atoms with E-state index in [2.05, 4.69) is 0 Å². The molecule has 0 atom stereocenters. The van der Waals surface area contributed by atoms with E-state index in [0.29, 0.717) is 49.8 Å². The first-order valence-electron chi connectivity index (χ1n) is 8.32. The molecular weight excluding hydrogens is 383 g/mol. The smallest absolute Gasteiger partial charge is 0.230 e. The second-order valence-electron chi connectivity index (χ2n) is 6.40. The molecule has 1 aliphatic heterocycles. The van der Waals surface area contributed by atoms with Crippen molar-refractivity contribution in [2.45, 2.75) is 26.2 Å². The lowest BCUT2D eigenvalue weighted by molar-refractivity contribution is -0.123. The Labute approximate surface area is 159 Å². The van der Waals surface area contributed by atoms with Gasteiger partial charge in [0.25, 0.3) is 0 Å². The lowest BCUT2D eigenvalue weighted by Gasteiger charge is -2.33. The minimum Gasteiger partial charge on any atom is -0.312 e. The van der Waals surface area contributed by atoms with Gasteiger partial charge < -0.3 is 4.90 Å². The summed E-state index contributed by atoms with van der Waals surface area (Å²) < 4.78 is 24.7. The highest BCUT2D eigenvalue weighted by molar-refractivity contribution is 7.88. The van der Waals surface area contributed by atoms with Crippen LogP contribution < -0.4 is 4.90 Å². The van der Waals surface area contributed by atoms with Crippen LogP contribution in [0.1, 0.15) is 24.8 Å². The van der Waals surface area contributed by atoms with Crippen LogP contribution in [0.15, 0.2) is 18.2 Å². The molecule has 1 amide bonds. The number of halogens is 2. The van der Waals surface area contributed by atoms with Crippen molar-refractivity contribution >= 4 is 44.8 Å². The molecular formula is C17H24Cl2N2O3S. The van der Waals surface area contributed by atoms with E-state index in [1.807, 2.05) is 19.1 Å². The maximum atomic E-state index is 13.0. The van der Waals surface area contributed by atoms with E-state index in [4.69, 9.17) is 23.2 Å². The minimum atomic E-state index is -3.20. The molecule has 1 aromatic carbocycles. The largest absolute Gasteiger partial charge is 0.312 e. The van der Waals surface area contributed by atoms with Crippen LogP contribution >= 0.6 is 23.2 Å². The van der Waals surface area contributed by atoms with Gasteiger partial charge in [0.1, 0.15) is 0 Å². The maximum absolute atomic E-state index is 13.0. The Bertz CT molecular complexity index is 717. The zero-order chi connectivity index (χ0) is 18.6. The summed E-state index contributed by atoms with van der Waals surface area (Å²) in [5.74, 6) is 0.294. The highest BCUT2D eigenvalue weighted by atomic mass is 35.5. The van der Waals surface area contributed by atoms with E-state index >= 15 is 0 Å². The second kappa shape index (κ2) is 8.71. The van der Waals surface area contributed by atoms with Crippen molar-refractivity contribution in [3.8, 4) is 0 Å². The maximum Gasteiger partial charge on any atom is 0.230 e. The van der Waals surface area contributed by atoms with Gasteiger partial charge in [-0.05, 0) is 43.9 Å². The van der Waals surface area contributed by atoms with Crippen molar-refractivity contribution in [3.05, 3.63) is 28.8 Å². The van der Waals surface area contributed by atoms with Crippen LogP contribution in [0.4, 0.5) is 5.69 Å². The average Bonchev–Trinajstić information content (AvgIpc) is 2.57. The van der Waals surface area contributed by atoms with E-state index in [-0.39, 0.29) is 11.8 Å². The Hall–Kier alpha value is -0.820. The van der Waals surface area contributed by atoms with Gasteiger partial charge in [-0.15, -0.1) is 11.6 Å². The highest BCUT2D eigenvalue weighted by Crippen LogP contribution is 2.28. The van der Waals surface area contributed by atoms with Gasteiger partial charge in [0.15, 0.2) is 0 Å². The molecule has 0 saturated carbocycles. The zero-order valence-electron chi connectivity index (χ0n) is 14.5. The van der Waals surface area contributed by atoms with Crippen LogP contribution in [0.3, 0.4) is 0 Å². The van der Waals surface area contributed by atoms with Crippen molar-refractivity contribution in [1.29, 1.82) is 0 Å². The molecule has 1 aliphatic rings. The number of nitrogens with zero attached hydrogens (tertiary/aromatic N) is 2. The number of hydrogen-bond acceptors (Lipinski definition) is 3. The summed E-state index contributed by atoms with van der Waals surface area (Å²) in [6, 6.07) is 5.58. The third-order valence-electron chi connectivity index (χ3n) is 4.52. The van der Waals surface area contributed by atoms with E-state index in [9.17, 15) is 13.2 Å². The first-order valence-corrected chi connectivity index (χ1v) is 11.1. The Kier molecular flexibility index (Phi) is 7.14. The van der Waals surface area contributed by atoms with Gasteiger partial charge in [0, 0.05) is 42.1 Å². The lowest BCUT2D eigenvalue weighted by Crippen LogP contribution is -2.44. The van der Waals surface area contributed by atoms with Crippen LogP contribution in [-0.2, 0) is 14.8 Å². The van der Waals surface area contributed by atoms with Crippen molar-refractivity contribution in [1.82, 2.24) is 4.31 Å². The molecule has 140 valence electrons. The Morgan fingerprint density at radius 2 is 1.96 bits per heavy atom. The predicted molar refractivity (Wildman–Crippen MR) is 103 cm³/mol. The van der Waals surface area contributed by atoms with Gasteiger partial charge in [-0.1, -0.05) is 17.7 Å². The number of amides is 1. The Balaban J connectivity index is 2.15. The molecule has 0 radical (unpaired) electrons. The van der Waals surface area contributed by atoms with Gasteiger partial charge >= 0.3 is 0 Å². The molecule has 0 aliphatic carbocycles. The number of alkyl halides is 1. The van der Waals surface area contributed by atoms with E-state index in [1.54, 1.807) is 11.0 Å². The van der Waals surface area contributed by atoms with Crippen molar-refractivity contribution in [3.63, 3.8) is 0 Å². The summed E-state index contributed by atoms with van der Waals surface area (Å²) in [6.45, 7) is 3.20. The topological polar surface area (TPSA) is 57.7 Å². The monoisotopic (exact) mass is 406 g/mol. The number of piperidine rings is 1. The number of carbonyl (C=O) groups excluding carboxylic acids is 1. The van der Waals surface area contributed by atoms with Crippen LogP contribution in [-0.4, -0.2) is 50.4 Å². The summed E-state index contributed by atoms with van der Waals surface area (Å²) in [6.07, 6.45) is 2.95. The van der Waals surface area contributed by atoms with Gasteiger partial charge in [-0.3, -0.25) is 4.79 Å². The zero-order valence-corrected chi connectivity index (χ0v) is 16.9. The molecule has 0 unspecified atom stereocenters. The molecule has 8 heteroatoms. The first kappa shape index (κ1) is 20.5. The fourth-order valence-electron chi connectivity index (χ4n) is 2.99.